The fraction of sp³-hybridized carbons (Fsp3) is 0.412. The summed E-state index contributed by atoms with van der Waals surface area (Å²) < 4.78 is 10.9. The molecule has 4 rings (SSSR count). The predicted octanol–water partition coefficient (Wildman–Crippen LogP) is 1.62. The van der Waals surface area contributed by atoms with E-state index in [0.717, 1.165) is 19.5 Å². The molecule has 0 bridgehead atoms. The second-order valence-corrected chi connectivity index (χ2v) is 6.12. The van der Waals surface area contributed by atoms with E-state index in [4.69, 9.17) is 9.26 Å². The molecule has 1 aromatic carbocycles. The molecule has 1 amide bonds. The molecule has 2 aliphatic heterocycles. The summed E-state index contributed by atoms with van der Waals surface area (Å²) in [4.78, 5) is 14.5. The van der Waals surface area contributed by atoms with Crippen molar-refractivity contribution in [3.63, 3.8) is 0 Å². The Morgan fingerprint density at radius 3 is 2.87 bits per heavy atom. The van der Waals surface area contributed by atoms with Gasteiger partial charge in [-0.1, -0.05) is 35.5 Å². The molecular weight excluding hydrogens is 294 g/mol. The Morgan fingerprint density at radius 1 is 1.22 bits per heavy atom. The van der Waals surface area contributed by atoms with Crippen molar-refractivity contribution in [2.75, 3.05) is 19.7 Å². The van der Waals surface area contributed by atoms with E-state index in [9.17, 15) is 4.79 Å². The molecule has 0 unspecified atom stereocenters. The summed E-state index contributed by atoms with van der Waals surface area (Å²) in [7, 11) is 0. The molecule has 3 heterocycles. The summed E-state index contributed by atoms with van der Waals surface area (Å²) in [5.41, 5.74) is 1.21. The number of nitrogens with zero attached hydrogens (tertiary/aromatic N) is 2. The molecule has 0 aliphatic carbocycles. The molecular formula is C17H19N3O3. The molecule has 120 valence electrons. The third-order valence-electron chi connectivity index (χ3n) is 4.59. The first-order valence-corrected chi connectivity index (χ1v) is 7.92. The number of carbonyl (C=O) groups is 1. The molecule has 6 heteroatoms. The van der Waals surface area contributed by atoms with Gasteiger partial charge >= 0.3 is 0 Å². The van der Waals surface area contributed by atoms with Gasteiger partial charge in [0, 0.05) is 31.2 Å². The minimum Gasteiger partial charge on any atom is -0.371 e. The van der Waals surface area contributed by atoms with Gasteiger partial charge < -0.3 is 14.6 Å². The highest BCUT2D eigenvalue weighted by Crippen LogP contribution is 2.30. The Balaban J connectivity index is 1.37. The smallest absolute Gasteiger partial charge is 0.290 e. The van der Waals surface area contributed by atoms with Gasteiger partial charge in [-0.2, -0.15) is 0 Å². The van der Waals surface area contributed by atoms with E-state index in [0.29, 0.717) is 12.6 Å². The van der Waals surface area contributed by atoms with Gasteiger partial charge in [-0.3, -0.25) is 9.69 Å². The number of aromatic nitrogens is 1. The Bertz CT molecular complexity index is 659. The first-order valence-electron chi connectivity index (χ1n) is 7.92. The largest absolute Gasteiger partial charge is 0.371 e. The number of benzene rings is 1. The Hall–Kier alpha value is -2.18. The van der Waals surface area contributed by atoms with Crippen molar-refractivity contribution < 1.29 is 14.1 Å². The van der Waals surface area contributed by atoms with E-state index in [-0.39, 0.29) is 23.8 Å². The molecule has 6 nitrogen and oxygen atoms in total. The van der Waals surface area contributed by atoms with Crippen LogP contribution < -0.4 is 5.32 Å². The van der Waals surface area contributed by atoms with Crippen LogP contribution in [0.4, 0.5) is 0 Å². The number of ether oxygens (including phenoxy) is 1. The summed E-state index contributed by atoms with van der Waals surface area (Å²) in [6, 6.07) is 12.4. The lowest BCUT2D eigenvalue weighted by Crippen LogP contribution is -2.43. The van der Waals surface area contributed by atoms with Gasteiger partial charge in [0.2, 0.25) is 5.76 Å². The van der Waals surface area contributed by atoms with Crippen LogP contribution in [0.3, 0.4) is 0 Å². The van der Waals surface area contributed by atoms with E-state index in [1.54, 1.807) is 6.07 Å². The average Bonchev–Trinajstić information content (AvgIpc) is 3.24. The van der Waals surface area contributed by atoms with Gasteiger partial charge in [-0.05, 0) is 12.0 Å². The van der Waals surface area contributed by atoms with Gasteiger partial charge in [0.25, 0.3) is 5.91 Å². The minimum absolute atomic E-state index is 0.108. The van der Waals surface area contributed by atoms with Crippen molar-refractivity contribution in [3.8, 4) is 0 Å². The van der Waals surface area contributed by atoms with Crippen LogP contribution in [0.15, 0.2) is 47.1 Å². The van der Waals surface area contributed by atoms with Crippen LogP contribution in [0.25, 0.3) is 0 Å². The number of carbonyl (C=O) groups excluding carboxylic acids is 1. The van der Waals surface area contributed by atoms with Crippen LogP contribution in [-0.4, -0.2) is 47.7 Å². The molecule has 2 fully saturated rings. The van der Waals surface area contributed by atoms with Gasteiger partial charge in [-0.15, -0.1) is 0 Å². The zero-order chi connectivity index (χ0) is 15.6. The summed E-state index contributed by atoms with van der Waals surface area (Å²) in [5.74, 6) is 0.0566. The van der Waals surface area contributed by atoms with Crippen molar-refractivity contribution >= 4 is 5.91 Å². The molecule has 1 aromatic heterocycles. The standard InChI is InChI=1S/C17H19N3O3/c21-17(15-6-7-18-23-15)19-13-8-14-11-22-16(10-20(14)9-13)12-4-2-1-3-5-12/h1-7,13-14,16H,8-11H2,(H,19,21)/t13-,14+,16-/m1/s1. The van der Waals surface area contributed by atoms with E-state index in [1.165, 1.54) is 11.8 Å². The molecule has 23 heavy (non-hydrogen) atoms. The third kappa shape index (κ3) is 3.00. The fourth-order valence-electron chi connectivity index (χ4n) is 3.44. The number of hydrogen-bond acceptors (Lipinski definition) is 5. The summed E-state index contributed by atoms with van der Waals surface area (Å²) in [5, 5.41) is 6.59. The first-order chi connectivity index (χ1) is 11.3. The first kappa shape index (κ1) is 14.4. The van der Waals surface area contributed by atoms with Crippen LogP contribution in [0, 0.1) is 0 Å². The van der Waals surface area contributed by atoms with Crippen LogP contribution >= 0.6 is 0 Å². The molecule has 0 spiro atoms. The van der Waals surface area contributed by atoms with Crippen molar-refractivity contribution in [1.29, 1.82) is 0 Å². The fourth-order valence-corrected chi connectivity index (χ4v) is 3.44. The number of rotatable bonds is 3. The maximum absolute atomic E-state index is 12.1. The highest BCUT2D eigenvalue weighted by Gasteiger charge is 2.38. The second-order valence-electron chi connectivity index (χ2n) is 6.12. The topological polar surface area (TPSA) is 67.6 Å². The maximum Gasteiger partial charge on any atom is 0.290 e. The number of nitrogens with one attached hydrogen (secondary N) is 1. The second kappa shape index (κ2) is 6.14. The predicted molar refractivity (Wildman–Crippen MR) is 82.9 cm³/mol. The SMILES string of the molecule is O=C(N[C@@H]1C[C@H]2CO[C@@H](c3ccccc3)CN2C1)c1ccno1. The Labute approximate surface area is 134 Å². The van der Waals surface area contributed by atoms with Gasteiger partial charge in [0.15, 0.2) is 0 Å². The molecule has 2 aliphatic rings. The highest BCUT2D eigenvalue weighted by atomic mass is 16.5. The summed E-state index contributed by atoms with van der Waals surface area (Å²) >= 11 is 0. The normalized spacial score (nSPS) is 27.6. The molecule has 2 aromatic rings. The lowest BCUT2D eigenvalue weighted by atomic mass is 10.1. The van der Waals surface area contributed by atoms with Crippen LogP contribution in [0.2, 0.25) is 0 Å². The number of hydrogen-bond donors (Lipinski definition) is 1. The Morgan fingerprint density at radius 2 is 2.09 bits per heavy atom. The quantitative estimate of drug-likeness (QED) is 0.932. The van der Waals surface area contributed by atoms with Crippen molar-refractivity contribution in [2.24, 2.45) is 0 Å². The number of morpholine rings is 1. The molecule has 0 saturated carbocycles. The monoisotopic (exact) mass is 313 g/mol. The van der Waals surface area contributed by atoms with Crippen molar-refractivity contribution in [1.82, 2.24) is 15.4 Å². The minimum atomic E-state index is -0.201. The molecule has 3 atom stereocenters. The van der Waals surface area contributed by atoms with E-state index in [2.05, 4.69) is 27.5 Å². The van der Waals surface area contributed by atoms with Gasteiger partial charge in [0.05, 0.1) is 18.9 Å². The summed E-state index contributed by atoms with van der Waals surface area (Å²) in [6.07, 6.45) is 2.49. The molecule has 0 radical (unpaired) electrons. The summed E-state index contributed by atoms with van der Waals surface area (Å²) in [6.45, 7) is 2.41. The van der Waals surface area contributed by atoms with E-state index < -0.39 is 0 Å². The highest BCUT2D eigenvalue weighted by molar-refractivity contribution is 5.91. The van der Waals surface area contributed by atoms with E-state index in [1.807, 2.05) is 18.2 Å². The van der Waals surface area contributed by atoms with Crippen molar-refractivity contribution in [3.05, 3.63) is 53.9 Å². The number of amides is 1. The zero-order valence-electron chi connectivity index (χ0n) is 12.7. The van der Waals surface area contributed by atoms with Crippen LogP contribution in [0.5, 0.6) is 0 Å². The maximum atomic E-state index is 12.1. The van der Waals surface area contributed by atoms with E-state index >= 15 is 0 Å². The van der Waals surface area contributed by atoms with Gasteiger partial charge in [0.1, 0.15) is 0 Å². The average molecular weight is 313 g/mol. The van der Waals surface area contributed by atoms with Gasteiger partial charge in [-0.25, -0.2) is 0 Å². The third-order valence-corrected chi connectivity index (χ3v) is 4.59. The molecule has 1 N–H and O–H groups in total. The molecule has 2 saturated heterocycles. The number of fused-ring (bicyclic) bond motifs is 1. The van der Waals surface area contributed by atoms with Crippen LogP contribution in [0.1, 0.15) is 28.6 Å². The lowest BCUT2D eigenvalue weighted by molar-refractivity contribution is -0.0502. The lowest BCUT2D eigenvalue weighted by Gasteiger charge is -2.35. The zero-order valence-corrected chi connectivity index (χ0v) is 12.7. The van der Waals surface area contributed by atoms with Crippen molar-refractivity contribution in [2.45, 2.75) is 24.6 Å². The Kier molecular flexibility index (Phi) is 3.85. The van der Waals surface area contributed by atoms with Crippen LogP contribution in [-0.2, 0) is 4.74 Å².